The summed E-state index contributed by atoms with van der Waals surface area (Å²) in [5.74, 6) is 2.10. The zero-order valence-electron chi connectivity index (χ0n) is 16.4. The van der Waals surface area contributed by atoms with Crippen LogP contribution in [0.25, 0.3) is 0 Å². The molecule has 0 saturated carbocycles. The van der Waals surface area contributed by atoms with Gasteiger partial charge < -0.3 is 20.3 Å². The summed E-state index contributed by atoms with van der Waals surface area (Å²) >= 11 is 3.32. The molecule has 1 saturated heterocycles. The summed E-state index contributed by atoms with van der Waals surface area (Å²) < 4.78 is 6.17. The SMILES string of the molecule is Cc1nc(Nc2ccc(NC(=O)c3cncc(Br)c3)cc2)cc(N2CCOCC2)n1. The van der Waals surface area contributed by atoms with E-state index < -0.39 is 0 Å². The molecular weight excluding hydrogens is 448 g/mol. The first-order valence-corrected chi connectivity index (χ1v) is 10.3. The maximum Gasteiger partial charge on any atom is 0.257 e. The number of carbonyl (C=O) groups is 1. The largest absolute Gasteiger partial charge is 0.378 e. The molecule has 2 aromatic heterocycles. The first-order valence-electron chi connectivity index (χ1n) is 9.54. The molecule has 0 bridgehead atoms. The molecule has 1 aliphatic rings. The second-order valence-electron chi connectivity index (χ2n) is 6.81. The van der Waals surface area contributed by atoms with Crippen LogP contribution in [0.5, 0.6) is 0 Å². The number of pyridine rings is 1. The van der Waals surface area contributed by atoms with Crippen LogP contribution in [0, 0.1) is 6.92 Å². The molecule has 0 radical (unpaired) electrons. The Labute approximate surface area is 182 Å². The van der Waals surface area contributed by atoms with Gasteiger partial charge in [-0.2, -0.15) is 0 Å². The lowest BCUT2D eigenvalue weighted by Crippen LogP contribution is -2.36. The average Bonchev–Trinajstić information content (AvgIpc) is 2.75. The quantitative estimate of drug-likeness (QED) is 0.588. The first-order chi connectivity index (χ1) is 14.6. The number of aryl methyl sites for hydroxylation is 1. The number of aromatic nitrogens is 3. The highest BCUT2D eigenvalue weighted by Crippen LogP contribution is 2.22. The summed E-state index contributed by atoms with van der Waals surface area (Å²) in [6.45, 7) is 4.92. The van der Waals surface area contributed by atoms with Crippen LogP contribution < -0.4 is 15.5 Å². The number of nitrogens with one attached hydrogen (secondary N) is 2. The molecule has 1 aromatic carbocycles. The van der Waals surface area contributed by atoms with Gasteiger partial charge in [0.15, 0.2) is 0 Å². The Hall–Kier alpha value is -3.04. The van der Waals surface area contributed by atoms with E-state index in [0.717, 1.165) is 34.9 Å². The minimum atomic E-state index is -0.217. The third kappa shape index (κ3) is 5.11. The second-order valence-corrected chi connectivity index (χ2v) is 7.72. The molecule has 0 atom stereocenters. The molecule has 8 nitrogen and oxygen atoms in total. The van der Waals surface area contributed by atoms with Crippen LogP contribution in [0.3, 0.4) is 0 Å². The molecule has 30 heavy (non-hydrogen) atoms. The Morgan fingerprint density at radius 2 is 1.80 bits per heavy atom. The fourth-order valence-corrected chi connectivity index (χ4v) is 3.46. The lowest BCUT2D eigenvalue weighted by Gasteiger charge is -2.28. The molecule has 2 N–H and O–H groups in total. The van der Waals surface area contributed by atoms with Crippen molar-refractivity contribution in [2.24, 2.45) is 0 Å². The van der Waals surface area contributed by atoms with Gasteiger partial charge in [-0.1, -0.05) is 0 Å². The number of amides is 1. The molecule has 154 valence electrons. The van der Waals surface area contributed by atoms with Gasteiger partial charge in [0.2, 0.25) is 0 Å². The van der Waals surface area contributed by atoms with Crippen LogP contribution in [-0.4, -0.2) is 47.2 Å². The van der Waals surface area contributed by atoms with Crippen molar-refractivity contribution in [3.05, 3.63) is 64.7 Å². The fraction of sp³-hybridized carbons (Fsp3) is 0.238. The van der Waals surface area contributed by atoms with Crippen molar-refractivity contribution in [2.75, 3.05) is 41.8 Å². The Morgan fingerprint density at radius 3 is 2.53 bits per heavy atom. The molecule has 1 fully saturated rings. The second kappa shape index (κ2) is 9.19. The number of nitrogens with zero attached hydrogens (tertiary/aromatic N) is 4. The molecule has 0 unspecified atom stereocenters. The summed E-state index contributed by atoms with van der Waals surface area (Å²) in [5.41, 5.74) is 2.04. The summed E-state index contributed by atoms with van der Waals surface area (Å²) in [7, 11) is 0. The number of hydrogen-bond donors (Lipinski definition) is 2. The summed E-state index contributed by atoms with van der Waals surface area (Å²) in [6, 6.07) is 11.1. The maximum atomic E-state index is 12.3. The smallest absolute Gasteiger partial charge is 0.257 e. The number of carbonyl (C=O) groups excluding carboxylic acids is 1. The van der Waals surface area contributed by atoms with E-state index >= 15 is 0 Å². The van der Waals surface area contributed by atoms with Crippen molar-refractivity contribution >= 4 is 44.8 Å². The first kappa shape index (κ1) is 20.2. The molecule has 3 aromatic rings. The topological polar surface area (TPSA) is 92.3 Å². The number of benzene rings is 1. The van der Waals surface area contributed by atoms with Gasteiger partial charge in [-0.3, -0.25) is 9.78 Å². The monoisotopic (exact) mass is 468 g/mol. The molecule has 3 heterocycles. The Morgan fingerprint density at radius 1 is 1.07 bits per heavy atom. The lowest BCUT2D eigenvalue weighted by molar-refractivity contribution is 0.102. The molecule has 0 aliphatic carbocycles. The zero-order chi connectivity index (χ0) is 20.9. The van der Waals surface area contributed by atoms with E-state index in [2.05, 4.69) is 46.4 Å². The summed E-state index contributed by atoms with van der Waals surface area (Å²) in [4.78, 5) is 27.6. The molecule has 4 rings (SSSR count). The van der Waals surface area contributed by atoms with Crippen LogP contribution in [0.15, 0.2) is 53.3 Å². The minimum Gasteiger partial charge on any atom is -0.378 e. The normalized spacial score (nSPS) is 13.7. The lowest BCUT2D eigenvalue weighted by atomic mass is 10.2. The van der Waals surface area contributed by atoms with E-state index in [4.69, 9.17) is 4.74 Å². The van der Waals surface area contributed by atoms with Gasteiger partial charge in [-0.05, 0) is 53.2 Å². The molecule has 9 heteroatoms. The molecule has 1 amide bonds. The van der Waals surface area contributed by atoms with Crippen molar-refractivity contribution in [2.45, 2.75) is 6.92 Å². The predicted octanol–water partition coefficient (Wildman–Crippen LogP) is 3.78. The van der Waals surface area contributed by atoms with Crippen molar-refractivity contribution < 1.29 is 9.53 Å². The highest BCUT2D eigenvalue weighted by atomic mass is 79.9. The van der Waals surface area contributed by atoms with Gasteiger partial charge in [-0.25, -0.2) is 9.97 Å². The van der Waals surface area contributed by atoms with Gasteiger partial charge in [-0.15, -0.1) is 0 Å². The average molecular weight is 469 g/mol. The van der Waals surface area contributed by atoms with Gasteiger partial charge in [0.05, 0.1) is 18.8 Å². The van der Waals surface area contributed by atoms with Gasteiger partial charge in [0.1, 0.15) is 17.5 Å². The number of hydrogen-bond acceptors (Lipinski definition) is 7. The Kier molecular flexibility index (Phi) is 6.20. The van der Waals surface area contributed by atoms with Crippen LogP contribution >= 0.6 is 15.9 Å². The van der Waals surface area contributed by atoms with Crippen molar-refractivity contribution in [1.82, 2.24) is 15.0 Å². The minimum absolute atomic E-state index is 0.217. The van der Waals surface area contributed by atoms with Crippen LogP contribution in [0.4, 0.5) is 23.0 Å². The molecule has 0 spiro atoms. The van der Waals surface area contributed by atoms with Crippen molar-refractivity contribution in [3.8, 4) is 0 Å². The van der Waals surface area contributed by atoms with E-state index in [1.807, 2.05) is 37.3 Å². The maximum absolute atomic E-state index is 12.3. The van der Waals surface area contributed by atoms with E-state index in [1.165, 1.54) is 6.20 Å². The van der Waals surface area contributed by atoms with Gasteiger partial charge >= 0.3 is 0 Å². The number of ether oxygens (including phenoxy) is 1. The zero-order valence-corrected chi connectivity index (χ0v) is 18.0. The van der Waals surface area contributed by atoms with Gasteiger partial charge in [0.25, 0.3) is 5.91 Å². The number of halogens is 1. The fourth-order valence-electron chi connectivity index (χ4n) is 3.09. The van der Waals surface area contributed by atoms with Crippen LogP contribution in [0.1, 0.15) is 16.2 Å². The number of rotatable bonds is 5. The highest BCUT2D eigenvalue weighted by molar-refractivity contribution is 9.10. The molecular formula is C21H21BrN6O2. The Balaban J connectivity index is 1.43. The summed E-state index contributed by atoms with van der Waals surface area (Å²) in [5, 5.41) is 6.17. The van der Waals surface area contributed by atoms with Crippen molar-refractivity contribution in [1.29, 1.82) is 0 Å². The molecule has 1 aliphatic heterocycles. The highest BCUT2D eigenvalue weighted by Gasteiger charge is 2.14. The van der Waals surface area contributed by atoms with E-state index in [0.29, 0.717) is 30.3 Å². The van der Waals surface area contributed by atoms with Gasteiger partial charge in [0, 0.05) is 47.4 Å². The Bertz CT molecular complexity index is 1040. The van der Waals surface area contributed by atoms with E-state index in [9.17, 15) is 4.79 Å². The standard InChI is InChI=1S/C21H21BrN6O2/c1-14-24-19(11-20(25-14)28-6-8-30-9-7-28)26-17-2-4-18(5-3-17)27-21(29)15-10-16(22)13-23-12-15/h2-5,10-13H,6-9H2,1H3,(H,27,29)(H,24,25,26). The number of morpholine rings is 1. The predicted molar refractivity (Wildman–Crippen MR) is 119 cm³/mol. The third-order valence-electron chi connectivity index (χ3n) is 4.54. The summed E-state index contributed by atoms with van der Waals surface area (Å²) in [6.07, 6.45) is 3.16. The van der Waals surface area contributed by atoms with Crippen molar-refractivity contribution in [3.63, 3.8) is 0 Å². The van der Waals surface area contributed by atoms with E-state index in [1.54, 1.807) is 12.3 Å². The number of anilines is 4. The van der Waals surface area contributed by atoms with E-state index in [-0.39, 0.29) is 5.91 Å². The van der Waals surface area contributed by atoms with Crippen LogP contribution in [0.2, 0.25) is 0 Å². The third-order valence-corrected chi connectivity index (χ3v) is 4.98. The van der Waals surface area contributed by atoms with Crippen LogP contribution in [-0.2, 0) is 4.74 Å².